The highest BCUT2D eigenvalue weighted by Crippen LogP contribution is 2.25. The number of ether oxygens (including phenoxy) is 1. The van der Waals surface area contributed by atoms with Crippen LogP contribution in [0.25, 0.3) is 0 Å². The molecule has 1 aromatic heterocycles. The molecule has 0 radical (unpaired) electrons. The maximum Gasteiger partial charge on any atom is 0.334 e. The normalized spacial score (nSPS) is 17.6. The van der Waals surface area contributed by atoms with Crippen LogP contribution in [-0.2, 0) is 4.79 Å². The van der Waals surface area contributed by atoms with E-state index in [9.17, 15) is 9.59 Å². The number of hydrogen-bond donors (Lipinski definition) is 0. The van der Waals surface area contributed by atoms with Crippen molar-refractivity contribution < 1.29 is 14.3 Å². The summed E-state index contributed by atoms with van der Waals surface area (Å²) in [7, 11) is 0. The highest BCUT2D eigenvalue weighted by Gasteiger charge is 2.34. The van der Waals surface area contributed by atoms with Gasteiger partial charge in [-0.15, -0.1) is 11.3 Å². The summed E-state index contributed by atoms with van der Waals surface area (Å²) in [6.07, 6.45) is 2.51. The molecule has 2 aromatic rings. The monoisotopic (exact) mass is 343 g/mol. The Kier molecular flexibility index (Phi) is 5.00. The summed E-state index contributed by atoms with van der Waals surface area (Å²) in [4.78, 5) is 27.7. The van der Waals surface area contributed by atoms with Crippen molar-refractivity contribution in [3.8, 4) is 5.75 Å². The Bertz CT molecular complexity index is 739. The van der Waals surface area contributed by atoms with Crippen LogP contribution in [0, 0.1) is 13.8 Å². The molecule has 0 saturated carbocycles. The van der Waals surface area contributed by atoms with Crippen molar-refractivity contribution in [2.75, 3.05) is 6.54 Å². The molecule has 1 aliphatic rings. The summed E-state index contributed by atoms with van der Waals surface area (Å²) in [6, 6.07) is 8.81. The molecule has 0 aliphatic carbocycles. The van der Waals surface area contributed by atoms with E-state index in [1.54, 1.807) is 17.0 Å². The molecule has 1 amide bonds. The smallest absolute Gasteiger partial charge is 0.334 e. The first-order chi connectivity index (χ1) is 11.6. The Morgan fingerprint density at radius 3 is 2.75 bits per heavy atom. The van der Waals surface area contributed by atoms with Crippen molar-refractivity contribution in [3.05, 3.63) is 51.7 Å². The number of carbonyl (C=O) groups is 2. The molecular weight excluding hydrogens is 322 g/mol. The van der Waals surface area contributed by atoms with Gasteiger partial charge in [0, 0.05) is 6.54 Å². The van der Waals surface area contributed by atoms with Gasteiger partial charge in [0.2, 0.25) is 0 Å². The Balaban J connectivity index is 1.78. The van der Waals surface area contributed by atoms with Crippen molar-refractivity contribution in [1.82, 2.24) is 4.90 Å². The fourth-order valence-corrected chi connectivity index (χ4v) is 3.65. The molecule has 1 fully saturated rings. The molecule has 0 spiro atoms. The van der Waals surface area contributed by atoms with Gasteiger partial charge in [0.15, 0.2) is 0 Å². The molecule has 1 atom stereocenters. The largest absolute Gasteiger partial charge is 0.425 e. The first-order valence-electron chi connectivity index (χ1n) is 8.20. The van der Waals surface area contributed by atoms with Gasteiger partial charge >= 0.3 is 5.97 Å². The third-order valence-corrected chi connectivity index (χ3v) is 5.39. The van der Waals surface area contributed by atoms with Crippen LogP contribution < -0.4 is 4.74 Å². The molecule has 24 heavy (non-hydrogen) atoms. The number of piperidine rings is 1. The van der Waals surface area contributed by atoms with Gasteiger partial charge in [-0.25, -0.2) is 4.79 Å². The van der Waals surface area contributed by atoms with Crippen LogP contribution >= 0.6 is 11.3 Å². The minimum Gasteiger partial charge on any atom is -0.425 e. The van der Waals surface area contributed by atoms with E-state index >= 15 is 0 Å². The number of likely N-dealkylation sites (tertiary alicyclic amines) is 1. The van der Waals surface area contributed by atoms with Gasteiger partial charge in [0.05, 0.1) is 4.88 Å². The fraction of sp³-hybridized carbons (Fsp3) is 0.368. The SMILES string of the molecule is Cc1cccc(OC(=O)C2CCCCN2C(=O)c2cccs2)c1C. The van der Waals surface area contributed by atoms with E-state index < -0.39 is 6.04 Å². The third-order valence-electron chi connectivity index (χ3n) is 4.53. The number of amides is 1. The Labute approximate surface area is 146 Å². The third kappa shape index (κ3) is 3.36. The van der Waals surface area contributed by atoms with Crippen LogP contribution in [0.2, 0.25) is 0 Å². The number of nitrogens with zero attached hydrogens (tertiary/aromatic N) is 1. The molecule has 1 aromatic carbocycles. The Morgan fingerprint density at radius 2 is 2.00 bits per heavy atom. The Morgan fingerprint density at radius 1 is 1.17 bits per heavy atom. The molecule has 4 nitrogen and oxygen atoms in total. The van der Waals surface area contributed by atoms with Crippen LogP contribution in [0.15, 0.2) is 35.7 Å². The average Bonchev–Trinajstić information content (AvgIpc) is 3.13. The molecule has 1 unspecified atom stereocenters. The van der Waals surface area contributed by atoms with Gasteiger partial charge < -0.3 is 9.64 Å². The average molecular weight is 343 g/mol. The second kappa shape index (κ2) is 7.18. The molecule has 0 bridgehead atoms. The van der Waals surface area contributed by atoms with Gasteiger partial charge in [-0.1, -0.05) is 18.2 Å². The summed E-state index contributed by atoms with van der Waals surface area (Å²) in [5.74, 6) is 0.162. The van der Waals surface area contributed by atoms with Crippen molar-refractivity contribution in [3.63, 3.8) is 0 Å². The lowest BCUT2D eigenvalue weighted by Crippen LogP contribution is -2.49. The van der Waals surface area contributed by atoms with Crippen LogP contribution in [-0.4, -0.2) is 29.4 Å². The zero-order chi connectivity index (χ0) is 17.1. The quantitative estimate of drug-likeness (QED) is 0.626. The summed E-state index contributed by atoms with van der Waals surface area (Å²) in [5, 5.41) is 1.88. The van der Waals surface area contributed by atoms with E-state index in [0.29, 0.717) is 23.6 Å². The van der Waals surface area contributed by atoms with Crippen LogP contribution in [0.1, 0.15) is 40.1 Å². The van der Waals surface area contributed by atoms with Gasteiger partial charge in [-0.2, -0.15) is 0 Å². The highest BCUT2D eigenvalue weighted by molar-refractivity contribution is 7.12. The molecule has 1 aliphatic heterocycles. The summed E-state index contributed by atoms with van der Waals surface area (Å²) < 4.78 is 5.63. The number of rotatable bonds is 3. The highest BCUT2D eigenvalue weighted by atomic mass is 32.1. The molecule has 126 valence electrons. The minimum atomic E-state index is -0.506. The maximum absolute atomic E-state index is 12.7. The Hall–Kier alpha value is -2.14. The van der Waals surface area contributed by atoms with E-state index in [1.165, 1.54) is 11.3 Å². The second-order valence-corrected chi connectivity index (χ2v) is 7.05. The van der Waals surface area contributed by atoms with Crippen molar-refractivity contribution >= 4 is 23.2 Å². The number of carbonyl (C=O) groups excluding carboxylic acids is 2. The number of benzene rings is 1. The van der Waals surface area contributed by atoms with E-state index in [0.717, 1.165) is 24.0 Å². The molecule has 3 rings (SSSR count). The van der Waals surface area contributed by atoms with Crippen LogP contribution in [0.5, 0.6) is 5.75 Å². The van der Waals surface area contributed by atoms with Gasteiger partial charge in [0.1, 0.15) is 11.8 Å². The lowest BCUT2D eigenvalue weighted by atomic mass is 10.0. The number of hydrogen-bond acceptors (Lipinski definition) is 4. The van der Waals surface area contributed by atoms with E-state index in [2.05, 4.69) is 0 Å². The van der Waals surface area contributed by atoms with E-state index in [1.807, 2.05) is 37.4 Å². The molecule has 5 heteroatoms. The maximum atomic E-state index is 12.7. The molecule has 0 N–H and O–H groups in total. The number of thiophene rings is 1. The first kappa shape index (κ1) is 16.7. The van der Waals surface area contributed by atoms with Crippen molar-refractivity contribution in [1.29, 1.82) is 0 Å². The topological polar surface area (TPSA) is 46.6 Å². The zero-order valence-corrected chi connectivity index (χ0v) is 14.8. The van der Waals surface area contributed by atoms with E-state index in [-0.39, 0.29) is 11.9 Å². The van der Waals surface area contributed by atoms with Crippen LogP contribution in [0.4, 0.5) is 0 Å². The lowest BCUT2D eigenvalue weighted by Gasteiger charge is -2.33. The summed E-state index contributed by atoms with van der Waals surface area (Å²) >= 11 is 1.40. The second-order valence-electron chi connectivity index (χ2n) is 6.11. The standard InChI is InChI=1S/C19H21NO3S/c1-13-7-5-9-16(14(13)2)23-19(22)15-8-3-4-11-20(15)18(21)17-10-6-12-24-17/h5-7,9-10,12,15H,3-4,8,11H2,1-2H3. The summed E-state index contributed by atoms with van der Waals surface area (Å²) in [6.45, 7) is 4.52. The van der Waals surface area contributed by atoms with E-state index in [4.69, 9.17) is 4.74 Å². The molecule has 2 heterocycles. The van der Waals surface area contributed by atoms with Crippen LogP contribution in [0.3, 0.4) is 0 Å². The molecule has 1 saturated heterocycles. The van der Waals surface area contributed by atoms with Gasteiger partial charge in [-0.3, -0.25) is 4.79 Å². The summed E-state index contributed by atoms with van der Waals surface area (Å²) in [5.41, 5.74) is 2.04. The first-order valence-corrected chi connectivity index (χ1v) is 9.08. The van der Waals surface area contributed by atoms with Crippen molar-refractivity contribution in [2.24, 2.45) is 0 Å². The molecular formula is C19H21NO3S. The number of esters is 1. The predicted molar refractivity (Wildman–Crippen MR) is 94.5 cm³/mol. The predicted octanol–water partition coefficient (Wildman–Crippen LogP) is 3.97. The fourth-order valence-electron chi connectivity index (χ4n) is 2.97. The number of aryl methyl sites for hydroxylation is 1. The van der Waals surface area contributed by atoms with Crippen molar-refractivity contribution in [2.45, 2.75) is 39.2 Å². The van der Waals surface area contributed by atoms with Gasteiger partial charge in [0.25, 0.3) is 5.91 Å². The minimum absolute atomic E-state index is 0.0763. The zero-order valence-electron chi connectivity index (χ0n) is 14.0. The lowest BCUT2D eigenvalue weighted by molar-refractivity contribution is -0.140. The van der Waals surface area contributed by atoms with Gasteiger partial charge in [-0.05, 0) is 61.7 Å².